The second-order valence-corrected chi connectivity index (χ2v) is 4.84. The smallest absolute Gasteiger partial charge is 0.412 e. The Morgan fingerprint density at radius 1 is 1.53 bits per heavy atom. The van der Waals surface area contributed by atoms with Gasteiger partial charge in [0, 0.05) is 10.9 Å². The lowest BCUT2D eigenvalue weighted by Gasteiger charge is -2.19. The summed E-state index contributed by atoms with van der Waals surface area (Å²) in [4.78, 5) is 11.4. The van der Waals surface area contributed by atoms with Crippen LogP contribution in [0.3, 0.4) is 0 Å². The minimum atomic E-state index is -0.514. The Morgan fingerprint density at radius 3 is 2.73 bits per heavy atom. The second-order valence-electron chi connectivity index (χ2n) is 4.10. The number of nitrogens with one attached hydrogen (secondary N) is 1. The van der Waals surface area contributed by atoms with Crippen LogP contribution in [0.1, 0.15) is 26.3 Å². The molecule has 84 valence electrons. The molecule has 0 unspecified atom stereocenters. The zero-order valence-electron chi connectivity index (χ0n) is 9.03. The summed E-state index contributed by atoms with van der Waals surface area (Å²) < 4.78 is 5.08. The summed E-state index contributed by atoms with van der Waals surface area (Å²) in [5.74, 6) is 0. The number of rotatable bonds is 2. The Balaban J connectivity index is 2.59. The van der Waals surface area contributed by atoms with Crippen LogP contribution >= 0.6 is 11.3 Å². The highest BCUT2D eigenvalue weighted by molar-refractivity contribution is 7.08. The molecule has 2 N–H and O–H groups in total. The van der Waals surface area contributed by atoms with Crippen molar-refractivity contribution in [2.24, 2.45) is 0 Å². The van der Waals surface area contributed by atoms with Crippen LogP contribution in [0.15, 0.2) is 10.8 Å². The molecule has 1 aromatic heterocycles. The molecule has 15 heavy (non-hydrogen) atoms. The third-order valence-corrected chi connectivity index (χ3v) is 2.34. The van der Waals surface area contributed by atoms with E-state index in [0.29, 0.717) is 11.3 Å². The molecule has 1 heterocycles. The van der Waals surface area contributed by atoms with E-state index in [0.717, 1.165) is 0 Å². The molecule has 0 aliphatic rings. The first-order chi connectivity index (χ1) is 6.92. The zero-order chi connectivity index (χ0) is 11.5. The third kappa shape index (κ3) is 3.89. The molecule has 4 nitrogen and oxygen atoms in total. The van der Waals surface area contributed by atoms with Crippen molar-refractivity contribution in [2.45, 2.75) is 33.0 Å². The molecule has 5 heteroatoms. The lowest BCUT2D eigenvalue weighted by Crippen LogP contribution is -2.27. The Bertz CT molecular complexity index is 341. The Labute approximate surface area is 92.9 Å². The fourth-order valence-corrected chi connectivity index (χ4v) is 1.75. The van der Waals surface area contributed by atoms with E-state index in [-0.39, 0.29) is 6.61 Å². The number of hydrogen-bond donors (Lipinski definition) is 2. The van der Waals surface area contributed by atoms with Gasteiger partial charge < -0.3 is 9.84 Å². The van der Waals surface area contributed by atoms with Gasteiger partial charge in [-0.25, -0.2) is 4.79 Å². The summed E-state index contributed by atoms with van der Waals surface area (Å²) in [7, 11) is 0. The second kappa shape index (κ2) is 4.63. The van der Waals surface area contributed by atoms with Crippen molar-refractivity contribution in [3.05, 3.63) is 16.3 Å². The van der Waals surface area contributed by atoms with E-state index in [1.54, 1.807) is 31.5 Å². The monoisotopic (exact) mass is 229 g/mol. The first kappa shape index (κ1) is 12.0. The van der Waals surface area contributed by atoms with E-state index >= 15 is 0 Å². The summed E-state index contributed by atoms with van der Waals surface area (Å²) in [5.41, 5.74) is 0.794. The van der Waals surface area contributed by atoms with Gasteiger partial charge in [0.1, 0.15) is 5.60 Å². The Kier molecular flexibility index (Phi) is 3.71. The Hall–Kier alpha value is -1.07. The maximum absolute atomic E-state index is 11.4. The highest BCUT2D eigenvalue weighted by Gasteiger charge is 2.17. The van der Waals surface area contributed by atoms with Gasteiger partial charge in [-0.15, -0.1) is 11.3 Å². The highest BCUT2D eigenvalue weighted by atomic mass is 32.1. The van der Waals surface area contributed by atoms with Crippen molar-refractivity contribution >= 4 is 23.1 Å². The third-order valence-electron chi connectivity index (χ3n) is 1.55. The predicted molar refractivity (Wildman–Crippen MR) is 60.1 cm³/mol. The summed E-state index contributed by atoms with van der Waals surface area (Å²) in [6, 6.07) is 0. The van der Waals surface area contributed by atoms with Crippen molar-refractivity contribution in [1.29, 1.82) is 0 Å². The lowest BCUT2D eigenvalue weighted by atomic mass is 10.2. The van der Waals surface area contributed by atoms with Crippen LogP contribution in [0.2, 0.25) is 0 Å². The molecule has 0 fully saturated rings. The first-order valence-corrected chi connectivity index (χ1v) is 5.52. The molecule has 0 radical (unpaired) electrons. The molecule has 0 aromatic carbocycles. The number of anilines is 1. The summed E-state index contributed by atoms with van der Waals surface area (Å²) in [6.45, 7) is 5.31. The van der Waals surface area contributed by atoms with Gasteiger partial charge in [-0.05, 0) is 26.2 Å². The van der Waals surface area contributed by atoms with Crippen LogP contribution in [-0.4, -0.2) is 16.8 Å². The van der Waals surface area contributed by atoms with E-state index in [2.05, 4.69) is 5.32 Å². The van der Waals surface area contributed by atoms with Crippen LogP contribution in [0.5, 0.6) is 0 Å². The first-order valence-electron chi connectivity index (χ1n) is 4.58. The SMILES string of the molecule is CC(C)(C)OC(=O)Nc1cscc1CO. The topological polar surface area (TPSA) is 58.6 Å². The van der Waals surface area contributed by atoms with Crippen LogP contribution < -0.4 is 5.32 Å². The van der Waals surface area contributed by atoms with Crippen molar-refractivity contribution in [3.8, 4) is 0 Å². The van der Waals surface area contributed by atoms with E-state index in [1.807, 2.05) is 0 Å². The maximum atomic E-state index is 11.4. The largest absolute Gasteiger partial charge is 0.444 e. The standard InChI is InChI=1S/C10H15NO3S/c1-10(2,3)14-9(13)11-8-6-15-5-7(8)4-12/h5-6,12H,4H2,1-3H3,(H,11,13). The van der Waals surface area contributed by atoms with Gasteiger partial charge in [-0.3, -0.25) is 5.32 Å². The quantitative estimate of drug-likeness (QED) is 0.819. The Morgan fingerprint density at radius 2 is 2.20 bits per heavy atom. The van der Waals surface area contributed by atoms with Crippen LogP contribution in [0, 0.1) is 0 Å². The van der Waals surface area contributed by atoms with E-state index in [1.165, 1.54) is 11.3 Å². The number of aliphatic hydroxyl groups is 1. The molecule has 0 aliphatic heterocycles. The fourth-order valence-electron chi connectivity index (χ4n) is 0.969. The van der Waals surface area contributed by atoms with Gasteiger partial charge in [0.05, 0.1) is 12.3 Å². The molecule has 0 atom stereocenters. The summed E-state index contributed by atoms with van der Waals surface area (Å²) in [6.07, 6.45) is -0.504. The van der Waals surface area contributed by atoms with Gasteiger partial charge in [-0.2, -0.15) is 0 Å². The van der Waals surface area contributed by atoms with E-state index in [4.69, 9.17) is 9.84 Å². The lowest BCUT2D eigenvalue weighted by molar-refractivity contribution is 0.0636. The number of carbonyl (C=O) groups is 1. The van der Waals surface area contributed by atoms with Crippen molar-refractivity contribution < 1.29 is 14.6 Å². The zero-order valence-corrected chi connectivity index (χ0v) is 9.85. The normalized spacial score (nSPS) is 11.2. The predicted octanol–water partition coefficient (Wildman–Crippen LogP) is 2.59. The number of thiophene rings is 1. The molecule has 1 amide bonds. The van der Waals surface area contributed by atoms with Crippen LogP contribution in [0.4, 0.5) is 10.5 Å². The average molecular weight is 229 g/mol. The number of ether oxygens (including phenoxy) is 1. The highest BCUT2D eigenvalue weighted by Crippen LogP contribution is 2.21. The van der Waals surface area contributed by atoms with Gasteiger partial charge >= 0.3 is 6.09 Å². The molecule has 0 aliphatic carbocycles. The minimum Gasteiger partial charge on any atom is -0.444 e. The molecular formula is C10H15NO3S. The van der Waals surface area contributed by atoms with Crippen molar-refractivity contribution in [1.82, 2.24) is 0 Å². The molecule has 0 spiro atoms. The fraction of sp³-hybridized carbons (Fsp3) is 0.500. The van der Waals surface area contributed by atoms with Crippen molar-refractivity contribution in [2.75, 3.05) is 5.32 Å². The van der Waals surface area contributed by atoms with E-state index in [9.17, 15) is 4.79 Å². The van der Waals surface area contributed by atoms with Crippen molar-refractivity contribution in [3.63, 3.8) is 0 Å². The van der Waals surface area contributed by atoms with Crippen LogP contribution in [0.25, 0.3) is 0 Å². The van der Waals surface area contributed by atoms with E-state index < -0.39 is 11.7 Å². The molecule has 1 aromatic rings. The maximum Gasteiger partial charge on any atom is 0.412 e. The molecule has 0 saturated carbocycles. The average Bonchev–Trinajstić information content (AvgIpc) is 2.48. The van der Waals surface area contributed by atoms with Crippen LogP contribution in [-0.2, 0) is 11.3 Å². The minimum absolute atomic E-state index is 0.0887. The number of aliphatic hydroxyl groups excluding tert-OH is 1. The number of hydrogen-bond acceptors (Lipinski definition) is 4. The number of carbonyl (C=O) groups excluding carboxylic acids is 1. The molecular weight excluding hydrogens is 214 g/mol. The summed E-state index contributed by atoms with van der Waals surface area (Å²) >= 11 is 1.42. The van der Waals surface area contributed by atoms with Gasteiger partial charge in [0.15, 0.2) is 0 Å². The summed E-state index contributed by atoms with van der Waals surface area (Å²) in [5, 5.41) is 15.1. The van der Waals surface area contributed by atoms with Gasteiger partial charge in [0.25, 0.3) is 0 Å². The van der Waals surface area contributed by atoms with Gasteiger partial charge in [0.2, 0.25) is 0 Å². The molecule has 0 bridgehead atoms. The number of amides is 1. The molecule has 1 rings (SSSR count). The molecule has 0 saturated heterocycles. The van der Waals surface area contributed by atoms with Gasteiger partial charge in [-0.1, -0.05) is 0 Å².